The van der Waals surface area contributed by atoms with E-state index in [2.05, 4.69) is 18.7 Å². The fraction of sp³-hybridized carbons (Fsp3) is 0.917. The van der Waals surface area contributed by atoms with Crippen LogP contribution in [0.25, 0.3) is 0 Å². The third kappa shape index (κ3) is 4.49. The second-order valence-corrected chi connectivity index (χ2v) is 4.86. The molecule has 1 atom stereocenters. The molecule has 4 heteroatoms. The van der Waals surface area contributed by atoms with Crippen molar-refractivity contribution in [2.75, 3.05) is 19.7 Å². The number of aliphatic carboxylic acids is 1. The fourth-order valence-corrected chi connectivity index (χ4v) is 1.90. The second kappa shape index (κ2) is 6.21. The molecule has 0 aliphatic heterocycles. The van der Waals surface area contributed by atoms with E-state index in [-0.39, 0.29) is 0 Å². The molecule has 1 unspecified atom stereocenters. The summed E-state index contributed by atoms with van der Waals surface area (Å²) in [6.45, 7) is 8.09. The van der Waals surface area contributed by atoms with Gasteiger partial charge in [0.2, 0.25) is 0 Å². The highest BCUT2D eigenvalue weighted by Gasteiger charge is 2.32. The molecule has 1 fully saturated rings. The molecule has 1 rings (SSSR count). The zero-order valence-corrected chi connectivity index (χ0v) is 10.5. The van der Waals surface area contributed by atoms with Crippen LogP contribution in [0.5, 0.6) is 0 Å². The zero-order chi connectivity index (χ0) is 12.1. The minimum atomic E-state index is -0.851. The van der Waals surface area contributed by atoms with Crippen molar-refractivity contribution in [3.8, 4) is 0 Å². The van der Waals surface area contributed by atoms with E-state index in [1.54, 1.807) is 0 Å². The van der Waals surface area contributed by atoms with Crippen LogP contribution in [0.3, 0.4) is 0 Å². The predicted molar refractivity (Wildman–Crippen MR) is 62.5 cm³/mol. The Hall–Kier alpha value is -0.610. The lowest BCUT2D eigenvalue weighted by Crippen LogP contribution is -2.41. The SMILES string of the molecule is CCOC(CN(CC(C)C)C1CC1)C(=O)O. The summed E-state index contributed by atoms with van der Waals surface area (Å²) in [5.41, 5.74) is 0. The first-order chi connectivity index (χ1) is 7.54. The van der Waals surface area contributed by atoms with Crippen LogP contribution in [-0.4, -0.2) is 47.8 Å². The quantitative estimate of drug-likeness (QED) is 0.687. The molecule has 94 valence electrons. The van der Waals surface area contributed by atoms with Crippen LogP contribution in [0.2, 0.25) is 0 Å². The molecule has 1 saturated carbocycles. The average molecular weight is 229 g/mol. The van der Waals surface area contributed by atoms with Crippen molar-refractivity contribution in [3.05, 3.63) is 0 Å². The van der Waals surface area contributed by atoms with Crippen molar-refractivity contribution >= 4 is 5.97 Å². The van der Waals surface area contributed by atoms with E-state index in [1.807, 2.05) is 6.92 Å². The van der Waals surface area contributed by atoms with Crippen LogP contribution in [-0.2, 0) is 9.53 Å². The maximum absolute atomic E-state index is 11.0. The summed E-state index contributed by atoms with van der Waals surface area (Å²) < 4.78 is 5.25. The molecule has 1 aliphatic carbocycles. The molecule has 0 bridgehead atoms. The van der Waals surface area contributed by atoms with Gasteiger partial charge in [0.25, 0.3) is 0 Å². The van der Waals surface area contributed by atoms with Crippen molar-refractivity contribution in [1.29, 1.82) is 0 Å². The minimum absolute atomic E-state index is 0.456. The number of ether oxygens (including phenoxy) is 1. The molecule has 0 spiro atoms. The number of nitrogens with zero attached hydrogens (tertiary/aromatic N) is 1. The first-order valence-corrected chi connectivity index (χ1v) is 6.13. The van der Waals surface area contributed by atoms with Crippen LogP contribution >= 0.6 is 0 Å². The zero-order valence-electron chi connectivity index (χ0n) is 10.5. The van der Waals surface area contributed by atoms with Gasteiger partial charge in [-0.2, -0.15) is 0 Å². The van der Waals surface area contributed by atoms with E-state index in [0.29, 0.717) is 25.1 Å². The first-order valence-electron chi connectivity index (χ1n) is 6.13. The molecule has 1 N–H and O–H groups in total. The third-order valence-corrected chi connectivity index (χ3v) is 2.71. The maximum atomic E-state index is 11.0. The Morgan fingerprint density at radius 3 is 2.44 bits per heavy atom. The topological polar surface area (TPSA) is 49.8 Å². The van der Waals surface area contributed by atoms with Crippen molar-refractivity contribution in [2.45, 2.75) is 45.8 Å². The lowest BCUT2D eigenvalue weighted by molar-refractivity contribution is -0.151. The van der Waals surface area contributed by atoms with Crippen LogP contribution < -0.4 is 0 Å². The van der Waals surface area contributed by atoms with E-state index in [9.17, 15) is 4.79 Å². The van der Waals surface area contributed by atoms with E-state index in [4.69, 9.17) is 9.84 Å². The molecule has 1 aliphatic rings. The van der Waals surface area contributed by atoms with E-state index in [0.717, 1.165) is 6.54 Å². The van der Waals surface area contributed by atoms with Gasteiger partial charge in [0.05, 0.1) is 0 Å². The predicted octanol–water partition coefficient (Wildman–Crippen LogP) is 1.60. The number of rotatable bonds is 8. The van der Waals surface area contributed by atoms with Crippen molar-refractivity contribution in [1.82, 2.24) is 4.90 Å². The summed E-state index contributed by atoms with van der Waals surface area (Å²) in [6.07, 6.45) is 1.72. The maximum Gasteiger partial charge on any atom is 0.334 e. The summed E-state index contributed by atoms with van der Waals surface area (Å²) in [5, 5.41) is 9.04. The largest absolute Gasteiger partial charge is 0.479 e. The number of carbonyl (C=O) groups is 1. The summed E-state index contributed by atoms with van der Waals surface area (Å²) >= 11 is 0. The van der Waals surface area contributed by atoms with Crippen molar-refractivity contribution in [3.63, 3.8) is 0 Å². The van der Waals surface area contributed by atoms with Gasteiger partial charge in [0.15, 0.2) is 6.10 Å². The molecule has 0 amide bonds. The van der Waals surface area contributed by atoms with Gasteiger partial charge in [-0.05, 0) is 25.7 Å². The lowest BCUT2D eigenvalue weighted by Gasteiger charge is -2.26. The van der Waals surface area contributed by atoms with Crippen LogP contribution in [0.4, 0.5) is 0 Å². The van der Waals surface area contributed by atoms with Gasteiger partial charge in [-0.15, -0.1) is 0 Å². The molecule has 0 aromatic heterocycles. The Morgan fingerprint density at radius 1 is 1.44 bits per heavy atom. The average Bonchev–Trinajstić information content (AvgIpc) is 2.97. The van der Waals surface area contributed by atoms with Crippen LogP contribution in [0.1, 0.15) is 33.6 Å². The van der Waals surface area contributed by atoms with Gasteiger partial charge in [-0.3, -0.25) is 4.90 Å². The molecular weight excluding hydrogens is 206 g/mol. The van der Waals surface area contributed by atoms with Crippen molar-refractivity contribution in [2.24, 2.45) is 5.92 Å². The summed E-state index contributed by atoms with van der Waals surface area (Å²) in [7, 11) is 0. The van der Waals surface area contributed by atoms with Crippen molar-refractivity contribution < 1.29 is 14.6 Å². The van der Waals surface area contributed by atoms with E-state index in [1.165, 1.54) is 12.8 Å². The van der Waals surface area contributed by atoms with E-state index < -0.39 is 12.1 Å². The molecule has 0 radical (unpaired) electrons. The van der Waals surface area contributed by atoms with Gasteiger partial charge < -0.3 is 9.84 Å². The molecule has 0 aromatic rings. The molecule has 0 saturated heterocycles. The van der Waals surface area contributed by atoms with E-state index >= 15 is 0 Å². The molecule has 4 nitrogen and oxygen atoms in total. The highest BCUT2D eigenvalue weighted by Crippen LogP contribution is 2.27. The second-order valence-electron chi connectivity index (χ2n) is 4.86. The molecular formula is C12H23NO3. The fourth-order valence-electron chi connectivity index (χ4n) is 1.90. The number of carboxylic acids is 1. The summed E-state index contributed by atoms with van der Waals surface area (Å²) in [4.78, 5) is 13.3. The van der Waals surface area contributed by atoms with Crippen LogP contribution in [0, 0.1) is 5.92 Å². The summed E-state index contributed by atoms with van der Waals surface area (Å²) in [6, 6.07) is 0.588. The van der Waals surface area contributed by atoms with Gasteiger partial charge >= 0.3 is 5.97 Å². The van der Waals surface area contributed by atoms with Gasteiger partial charge in [0.1, 0.15) is 0 Å². The van der Waals surface area contributed by atoms with Gasteiger partial charge in [-0.1, -0.05) is 13.8 Å². The molecule has 16 heavy (non-hydrogen) atoms. The monoisotopic (exact) mass is 229 g/mol. The molecule has 0 heterocycles. The normalized spacial score (nSPS) is 18.1. The van der Waals surface area contributed by atoms with Gasteiger partial charge in [-0.25, -0.2) is 4.79 Å². The number of hydrogen-bond donors (Lipinski definition) is 1. The van der Waals surface area contributed by atoms with Crippen LogP contribution in [0.15, 0.2) is 0 Å². The third-order valence-electron chi connectivity index (χ3n) is 2.71. The Labute approximate surface area is 97.6 Å². The first kappa shape index (κ1) is 13.5. The Morgan fingerprint density at radius 2 is 2.06 bits per heavy atom. The van der Waals surface area contributed by atoms with Gasteiger partial charge in [0, 0.05) is 25.7 Å². The number of hydrogen-bond acceptors (Lipinski definition) is 3. The minimum Gasteiger partial charge on any atom is -0.479 e. The standard InChI is InChI=1S/C12H23NO3/c1-4-16-11(12(14)15)8-13(7-9(2)3)10-5-6-10/h9-11H,4-8H2,1-3H3,(H,14,15). The Balaban J connectivity index is 2.47. The lowest BCUT2D eigenvalue weighted by atomic mass is 10.2. The summed E-state index contributed by atoms with van der Waals surface area (Å²) in [5.74, 6) is -0.284. The highest BCUT2D eigenvalue weighted by atomic mass is 16.5. The Kier molecular flexibility index (Phi) is 5.22. The number of carboxylic acid groups (broad SMARTS) is 1. The Bertz CT molecular complexity index is 226. The smallest absolute Gasteiger partial charge is 0.334 e. The highest BCUT2D eigenvalue weighted by molar-refractivity contribution is 5.72. The molecule has 0 aromatic carbocycles.